The van der Waals surface area contributed by atoms with Gasteiger partial charge in [-0.2, -0.15) is 5.26 Å². The number of piperazine rings is 1. The first-order valence-corrected chi connectivity index (χ1v) is 12.2. The van der Waals surface area contributed by atoms with Crippen molar-refractivity contribution in [2.45, 2.75) is 12.1 Å². The van der Waals surface area contributed by atoms with Crippen LogP contribution in [0.25, 0.3) is 10.9 Å². The van der Waals surface area contributed by atoms with Gasteiger partial charge in [-0.15, -0.1) is 0 Å². The lowest BCUT2D eigenvalue weighted by Crippen LogP contribution is -2.50. The molecule has 3 aromatic carbocycles. The van der Waals surface area contributed by atoms with Gasteiger partial charge < -0.3 is 15.4 Å². The van der Waals surface area contributed by atoms with Gasteiger partial charge in [0.1, 0.15) is 11.8 Å². The minimum atomic E-state index is -0.481. The minimum absolute atomic E-state index is 0.242. The number of nitrogens with zero attached hydrogens (tertiary/aromatic N) is 3. The molecule has 1 aliphatic rings. The second-order valence-electron chi connectivity index (χ2n) is 9.16. The minimum Gasteiger partial charge on any atom is -0.390 e. The van der Waals surface area contributed by atoms with E-state index < -0.39 is 6.10 Å². The molecule has 4 aromatic rings. The van der Waals surface area contributed by atoms with Crippen LogP contribution in [0.2, 0.25) is 0 Å². The lowest BCUT2D eigenvalue weighted by molar-refractivity contribution is 0.0672. The molecule has 1 fully saturated rings. The van der Waals surface area contributed by atoms with Crippen molar-refractivity contribution in [2.24, 2.45) is 0 Å². The predicted octanol–water partition coefficient (Wildman–Crippen LogP) is 4.22. The number of hydrogen-bond acceptors (Lipinski definition) is 5. The van der Waals surface area contributed by atoms with E-state index in [1.54, 1.807) is 0 Å². The Labute approximate surface area is 206 Å². The first-order valence-electron chi connectivity index (χ1n) is 12.2. The highest BCUT2D eigenvalue weighted by Crippen LogP contribution is 2.29. The molecule has 0 amide bonds. The zero-order valence-corrected chi connectivity index (χ0v) is 19.8. The highest BCUT2D eigenvalue weighted by Gasteiger charge is 2.27. The van der Waals surface area contributed by atoms with Crippen LogP contribution in [0, 0.1) is 11.3 Å². The fourth-order valence-electron chi connectivity index (χ4n) is 5.05. The summed E-state index contributed by atoms with van der Waals surface area (Å²) in [4.78, 5) is 7.99. The molecule has 5 rings (SSSR count). The Hall–Kier alpha value is -3.63. The zero-order chi connectivity index (χ0) is 24.0. The molecule has 0 unspecified atom stereocenters. The fraction of sp³-hybridized carbons (Fsp3) is 0.276. The average molecular weight is 466 g/mol. The number of nitriles is 1. The van der Waals surface area contributed by atoms with E-state index in [0.717, 1.165) is 42.8 Å². The van der Waals surface area contributed by atoms with Crippen molar-refractivity contribution in [3.8, 4) is 6.07 Å². The van der Waals surface area contributed by atoms with Gasteiger partial charge in [0.2, 0.25) is 0 Å². The summed E-state index contributed by atoms with van der Waals surface area (Å²) in [6.07, 6.45) is -0.481. The number of benzene rings is 3. The summed E-state index contributed by atoms with van der Waals surface area (Å²) in [6, 6.07) is 31.6. The first kappa shape index (κ1) is 23.1. The molecule has 178 valence electrons. The molecule has 1 atom stereocenters. The van der Waals surface area contributed by atoms with Crippen molar-refractivity contribution in [3.05, 3.63) is 102 Å². The van der Waals surface area contributed by atoms with E-state index in [2.05, 4.69) is 86.8 Å². The number of aliphatic hydroxyl groups excluding tert-OH is 1. The van der Waals surface area contributed by atoms with E-state index in [1.807, 2.05) is 24.3 Å². The quantitative estimate of drug-likeness (QED) is 0.363. The molecule has 3 N–H and O–H groups in total. The van der Waals surface area contributed by atoms with Gasteiger partial charge in [-0.05, 0) is 29.3 Å². The van der Waals surface area contributed by atoms with Gasteiger partial charge in [0.25, 0.3) is 0 Å². The Morgan fingerprint density at radius 2 is 1.54 bits per heavy atom. The maximum Gasteiger partial charge on any atom is 0.118 e. The molecule has 35 heavy (non-hydrogen) atoms. The Bertz CT molecular complexity index is 1230. The Kier molecular flexibility index (Phi) is 7.10. The number of fused-ring (bicyclic) bond motifs is 1. The first-order chi connectivity index (χ1) is 17.2. The molecule has 0 bridgehead atoms. The normalized spacial score (nSPS) is 15.8. The molecule has 6 nitrogen and oxygen atoms in total. The van der Waals surface area contributed by atoms with E-state index >= 15 is 0 Å². The third-order valence-corrected chi connectivity index (χ3v) is 6.78. The van der Waals surface area contributed by atoms with Crippen molar-refractivity contribution in [1.29, 1.82) is 5.26 Å². The average Bonchev–Trinajstić information content (AvgIpc) is 3.34. The SMILES string of the molecule is N#Cc1cc2c(NC[C@@H](O)CN3CCN(C(c4ccccc4)c4ccccc4)CC3)cccc2[nH]1. The van der Waals surface area contributed by atoms with Gasteiger partial charge in [-0.3, -0.25) is 9.80 Å². The molecular formula is C29H31N5O. The van der Waals surface area contributed by atoms with Crippen LogP contribution in [-0.4, -0.2) is 65.3 Å². The highest BCUT2D eigenvalue weighted by molar-refractivity contribution is 5.93. The maximum atomic E-state index is 10.7. The van der Waals surface area contributed by atoms with Crippen LogP contribution in [0.1, 0.15) is 22.9 Å². The second-order valence-corrected chi connectivity index (χ2v) is 9.16. The summed E-state index contributed by atoms with van der Waals surface area (Å²) in [5.74, 6) is 0. The monoisotopic (exact) mass is 465 g/mol. The van der Waals surface area contributed by atoms with Crippen molar-refractivity contribution < 1.29 is 5.11 Å². The summed E-state index contributed by atoms with van der Waals surface area (Å²) >= 11 is 0. The van der Waals surface area contributed by atoms with E-state index in [9.17, 15) is 5.11 Å². The van der Waals surface area contributed by atoms with Gasteiger partial charge in [-0.25, -0.2) is 0 Å². The largest absolute Gasteiger partial charge is 0.390 e. The molecule has 2 heterocycles. The summed E-state index contributed by atoms with van der Waals surface area (Å²) in [5, 5.41) is 24.2. The Balaban J connectivity index is 1.18. The number of aromatic amines is 1. The summed E-state index contributed by atoms with van der Waals surface area (Å²) in [7, 11) is 0. The standard InChI is InChI=1S/C29H31N5O/c30-19-24-18-26-27(12-7-13-28(26)32-24)31-20-25(35)21-33-14-16-34(17-15-33)29(22-8-3-1-4-9-22)23-10-5-2-6-11-23/h1-13,18,25,29,31-32,35H,14-17,20-21H2/t25-/m1/s1. The predicted molar refractivity (Wildman–Crippen MR) is 140 cm³/mol. The molecule has 0 saturated carbocycles. The van der Waals surface area contributed by atoms with Crippen molar-refractivity contribution in [1.82, 2.24) is 14.8 Å². The van der Waals surface area contributed by atoms with Gasteiger partial charge >= 0.3 is 0 Å². The van der Waals surface area contributed by atoms with Crippen LogP contribution >= 0.6 is 0 Å². The smallest absolute Gasteiger partial charge is 0.118 e. The van der Waals surface area contributed by atoms with Gasteiger partial charge in [0.15, 0.2) is 0 Å². The topological polar surface area (TPSA) is 78.3 Å². The molecule has 0 aliphatic carbocycles. The lowest BCUT2D eigenvalue weighted by Gasteiger charge is -2.40. The Morgan fingerprint density at radius 1 is 0.886 bits per heavy atom. The molecule has 0 radical (unpaired) electrons. The van der Waals surface area contributed by atoms with Crippen molar-refractivity contribution in [2.75, 3.05) is 44.6 Å². The van der Waals surface area contributed by atoms with Crippen molar-refractivity contribution in [3.63, 3.8) is 0 Å². The molecular weight excluding hydrogens is 434 g/mol. The summed E-state index contributed by atoms with van der Waals surface area (Å²) in [5.41, 5.74) is 5.02. The van der Waals surface area contributed by atoms with Gasteiger partial charge in [-0.1, -0.05) is 66.7 Å². The van der Waals surface area contributed by atoms with Crippen LogP contribution in [-0.2, 0) is 0 Å². The van der Waals surface area contributed by atoms with Crippen molar-refractivity contribution >= 4 is 16.6 Å². The number of rotatable bonds is 8. The summed E-state index contributed by atoms with van der Waals surface area (Å²) < 4.78 is 0. The van der Waals surface area contributed by atoms with Crippen LogP contribution in [0.5, 0.6) is 0 Å². The molecule has 1 aliphatic heterocycles. The van der Waals surface area contributed by atoms with Gasteiger partial charge in [0.05, 0.1) is 12.1 Å². The van der Waals surface area contributed by atoms with Crippen LogP contribution < -0.4 is 5.32 Å². The van der Waals surface area contributed by atoms with Crippen LogP contribution in [0.4, 0.5) is 5.69 Å². The number of β-amino-alcohol motifs (C(OH)–C–C–N with tert-alkyl or cyclic N) is 1. The molecule has 1 saturated heterocycles. The zero-order valence-electron chi connectivity index (χ0n) is 19.8. The molecule has 6 heteroatoms. The third kappa shape index (κ3) is 5.39. The molecule has 1 aromatic heterocycles. The Morgan fingerprint density at radius 3 is 2.17 bits per heavy atom. The van der Waals surface area contributed by atoms with E-state index in [1.165, 1.54) is 11.1 Å². The third-order valence-electron chi connectivity index (χ3n) is 6.78. The second kappa shape index (κ2) is 10.7. The van der Waals surface area contributed by atoms with Crippen LogP contribution in [0.15, 0.2) is 84.9 Å². The van der Waals surface area contributed by atoms with E-state index in [4.69, 9.17) is 5.26 Å². The number of anilines is 1. The van der Waals surface area contributed by atoms with Gasteiger partial charge in [0, 0.05) is 55.9 Å². The lowest BCUT2D eigenvalue weighted by atomic mass is 9.96. The van der Waals surface area contributed by atoms with E-state index in [-0.39, 0.29) is 6.04 Å². The number of nitrogens with one attached hydrogen (secondary N) is 2. The molecule has 0 spiro atoms. The number of H-pyrrole nitrogens is 1. The maximum absolute atomic E-state index is 10.7. The number of aliphatic hydroxyl groups is 1. The fourth-order valence-corrected chi connectivity index (χ4v) is 5.05. The summed E-state index contributed by atoms with van der Waals surface area (Å²) in [6.45, 7) is 4.85. The highest BCUT2D eigenvalue weighted by atomic mass is 16.3. The number of hydrogen-bond donors (Lipinski definition) is 3. The number of aromatic nitrogens is 1. The van der Waals surface area contributed by atoms with Crippen LogP contribution in [0.3, 0.4) is 0 Å². The van der Waals surface area contributed by atoms with E-state index in [0.29, 0.717) is 18.8 Å².